The summed E-state index contributed by atoms with van der Waals surface area (Å²) in [6, 6.07) is 13.6. The van der Waals surface area contributed by atoms with Crippen LogP contribution >= 0.6 is 0 Å². The number of hydrogen-bond donors (Lipinski definition) is 1. The lowest BCUT2D eigenvalue weighted by Crippen LogP contribution is -2.35. The number of morpholine rings is 1. The molecule has 5 aromatic rings. The van der Waals surface area contributed by atoms with Crippen LogP contribution in [-0.4, -0.2) is 67.8 Å². The monoisotopic (exact) mass is 558 g/mol. The zero-order chi connectivity index (χ0) is 28.2. The molecule has 0 bridgehead atoms. The molecule has 1 N–H and O–H groups in total. The maximum Gasteiger partial charge on any atom is 0.183 e. The highest BCUT2D eigenvalue weighted by molar-refractivity contribution is 5.91. The Morgan fingerprint density at radius 3 is 2.54 bits per heavy atom. The zero-order valence-corrected chi connectivity index (χ0v) is 22.4. The topological polar surface area (TPSA) is 103 Å². The Hall–Kier alpha value is -4.55. The summed E-state index contributed by atoms with van der Waals surface area (Å²) >= 11 is 0. The molecule has 0 radical (unpaired) electrons. The van der Waals surface area contributed by atoms with Gasteiger partial charge in [0.15, 0.2) is 5.82 Å². The molecule has 0 spiro atoms. The predicted molar refractivity (Wildman–Crippen MR) is 149 cm³/mol. The van der Waals surface area contributed by atoms with Crippen molar-refractivity contribution in [2.24, 2.45) is 0 Å². The van der Waals surface area contributed by atoms with E-state index in [9.17, 15) is 8.78 Å². The fraction of sp³-hybridized carbons (Fsp3) is 0.276. The van der Waals surface area contributed by atoms with Crippen molar-refractivity contribution < 1.29 is 18.3 Å². The highest BCUT2D eigenvalue weighted by Crippen LogP contribution is 2.30. The maximum atomic E-state index is 15.0. The number of rotatable bonds is 9. The van der Waals surface area contributed by atoms with Crippen LogP contribution < -0.4 is 10.1 Å². The van der Waals surface area contributed by atoms with E-state index in [4.69, 9.17) is 24.5 Å². The molecular weight excluding hydrogens is 530 g/mol. The van der Waals surface area contributed by atoms with Crippen molar-refractivity contribution in [1.82, 2.24) is 34.8 Å². The average Bonchev–Trinajstić information content (AvgIpc) is 3.35. The summed E-state index contributed by atoms with van der Waals surface area (Å²) in [4.78, 5) is 11.9. The van der Waals surface area contributed by atoms with Gasteiger partial charge in [-0.3, -0.25) is 9.58 Å². The molecule has 0 unspecified atom stereocenters. The molecule has 210 valence electrons. The molecule has 3 aromatic heterocycles. The van der Waals surface area contributed by atoms with E-state index < -0.39 is 11.6 Å². The third-order valence-corrected chi connectivity index (χ3v) is 6.73. The first-order valence-electron chi connectivity index (χ1n) is 13.4. The van der Waals surface area contributed by atoms with Gasteiger partial charge in [0.1, 0.15) is 28.9 Å². The molecule has 6 rings (SSSR count). The molecule has 1 aliphatic heterocycles. The number of halogens is 2. The van der Waals surface area contributed by atoms with E-state index >= 15 is 0 Å². The van der Waals surface area contributed by atoms with Gasteiger partial charge >= 0.3 is 0 Å². The van der Waals surface area contributed by atoms with E-state index in [2.05, 4.69) is 20.4 Å². The molecule has 41 heavy (non-hydrogen) atoms. The molecule has 1 fully saturated rings. The minimum atomic E-state index is -0.698. The minimum Gasteiger partial charge on any atom is -0.494 e. The quantitative estimate of drug-likeness (QED) is 0.278. The van der Waals surface area contributed by atoms with Crippen LogP contribution in [0.4, 0.5) is 20.3 Å². The summed E-state index contributed by atoms with van der Waals surface area (Å²) in [6.07, 6.45) is 3.20. The third kappa shape index (κ3) is 5.98. The predicted octanol–water partition coefficient (Wildman–Crippen LogP) is 4.58. The van der Waals surface area contributed by atoms with Gasteiger partial charge in [-0.2, -0.15) is 15.3 Å². The number of aromatic nitrogens is 6. The molecule has 12 heteroatoms. The largest absolute Gasteiger partial charge is 0.494 e. The van der Waals surface area contributed by atoms with E-state index in [-0.39, 0.29) is 17.9 Å². The third-order valence-electron chi connectivity index (χ3n) is 6.73. The second-order valence-electron chi connectivity index (χ2n) is 9.53. The zero-order valence-electron chi connectivity index (χ0n) is 22.4. The molecular formula is C29H28F2N8O2. The van der Waals surface area contributed by atoms with E-state index in [0.29, 0.717) is 49.2 Å². The van der Waals surface area contributed by atoms with Crippen LogP contribution in [-0.2, 0) is 17.8 Å². The van der Waals surface area contributed by atoms with Gasteiger partial charge in [0, 0.05) is 48.8 Å². The first-order chi connectivity index (χ1) is 20.1. The van der Waals surface area contributed by atoms with Gasteiger partial charge in [-0.05, 0) is 19.1 Å². The van der Waals surface area contributed by atoms with Crippen molar-refractivity contribution in [1.29, 1.82) is 0 Å². The Kier molecular flexibility index (Phi) is 7.74. The summed E-state index contributed by atoms with van der Waals surface area (Å²) in [5, 5.41) is 16.6. The van der Waals surface area contributed by atoms with Crippen molar-refractivity contribution >= 4 is 22.4 Å². The maximum absolute atomic E-state index is 15.0. The molecule has 0 amide bonds. The molecule has 0 aliphatic carbocycles. The lowest BCUT2D eigenvalue weighted by Gasteiger charge is -2.26. The second kappa shape index (κ2) is 11.9. The first-order valence-corrected chi connectivity index (χ1v) is 13.4. The lowest BCUT2D eigenvalue weighted by molar-refractivity contribution is 0.0336. The smallest absolute Gasteiger partial charge is 0.183 e. The Morgan fingerprint density at radius 2 is 1.78 bits per heavy atom. The number of fused-ring (bicyclic) bond motifs is 1. The highest BCUT2D eigenvalue weighted by atomic mass is 19.1. The average molecular weight is 559 g/mol. The van der Waals surface area contributed by atoms with Gasteiger partial charge in [-0.25, -0.2) is 18.7 Å². The van der Waals surface area contributed by atoms with E-state index in [0.717, 1.165) is 29.9 Å². The number of hydrogen-bond acceptors (Lipinski definition) is 9. The van der Waals surface area contributed by atoms with E-state index in [1.165, 1.54) is 12.1 Å². The van der Waals surface area contributed by atoms with Crippen LogP contribution in [0.1, 0.15) is 18.2 Å². The number of para-hydroxylation sites is 1. The van der Waals surface area contributed by atoms with Crippen molar-refractivity contribution in [3.05, 3.63) is 83.8 Å². The van der Waals surface area contributed by atoms with Gasteiger partial charge in [0.25, 0.3) is 0 Å². The van der Waals surface area contributed by atoms with Gasteiger partial charge in [0.05, 0.1) is 55.7 Å². The molecule has 4 heterocycles. The lowest BCUT2D eigenvalue weighted by atomic mass is 10.1. The summed E-state index contributed by atoms with van der Waals surface area (Å²) in [7, 11) is 0. The Balaban J connectivity index is 1.41. The van der Waals surface area contributed by atoms with Crippen LogP contribution in [0.2, 0.25) is 0 Å². The van der Waals surface area contributed by atoms with Crippen molar-refractivity contribution in [2.75, 3.05) is 38.2 Å². The van der Waals surface area contributed by atoms with Crippen LogP contribution in [0, 0.1) is 11.6 Å². The van der Waals surface area contributed by atoms with Crippen molar-refractivity contribution in [3.63, 3.8) is 0 Å². The summed E-state index contributed by atoms with van der Waals surface area (Å²) < 4.78 is 42.3. The molecule has 1 saturated heterocycles. The summed E-state index contributed by atoms with van der Waals surface area (Å²) in [5.74, 6) is -0.296. The number of nitrogens with zero attached hydrogens (tertiary/aromatic N) is 7. The van der Waals surface area contributed by atoms with E-state index in [1.54, 1.807) is 30.1 Å². The molecule has 2 aromatic carbocycles. The number of anilines is 2. The fourth-order valence-corrected chi connectivity index (χ4v) is 4.79. The minimum absolute atomic E-state index is 0.109. The van der Waals surface area contributed by atoms with E-state index in [1.807, 2.05) is 30.3 Å². The SMILES string of the molecule is CCOc1cc(F)c(Cn2nc(-c3nc(CN4CCOCC4)cc(Nc4ccnnc4)n3)c3ccccc32)c(F)c1. The van der Waals surface area contributed by atoms with Gasteiger partial charge in [-0.15, -0.1) is 0 Å². The second-order valence-corrected chi connectivity index (χ2v) is 9.53. The number of nitrogens with one attached hydrogen (secondary N) is 1. The summed E-state index contributed by atoms with van der Waals surface area (Å²) in [5.41, 5.74) is 2.61. The van der Waals surface area contributed by atoms with Crippen LogP contribution in [0.3, 0.4) is 0 Å². The number of benzene rings is 2. The Morgan fingerprint density at radius 1 is 0.976 bits per heavy atom. The standard InChI is InChI=1S/C29H28F2N8O2/c1-2-41-21-14-24(30)23(25(31)15-21)18-39-26-6-4-3-5-22(26)28(37-39)29-35-20(17-38-9-11-40-12-10-38)13-27(36-29)34-19-7-8-32-33-16-19/h3-8,13-16H,2,9-12,17-18H2,1H3,(H,32,34,35,36). The van der Waals surface area contributed by atoms with Crippen molar-refractivity contribution in [2.45, 2.75) is 20.0 Å². The van der Waals surface area contributed by atoms with Crippen LogP contribution in [0.25, 0.3) is 22.4 Å². The molecule has 0 atom stereocenters. The van der Waals surface area contributed by atoms with Gasteiger partial charge in [0.2, 0.25) is 0 Å². The van der Waals surface area contributed by atoms with Crippen LogP contribution in [0.15, 0.2) is 60.9 Å². The van der Waals surface area contributed by atoms with Crippen LogP contribution in [0.5, 0.6) is 5.75 Å². The Bertz CT molecular complexity index is 1640. The van der Waals surface area contributed by atoms with Gasteiger partial charge < -0.3 is 14.8 Å². The normalized spacial score (nSPS) is 13.9. The Labute approximate surface area is 235 Å². The highest BCUT2D eigenvalue weighted by Gasteiger charge is 2.20. The fourth-order valence-electron chi connectivity index (χ4n) is 4.79. The molecule has 0 saturated carbocycles. The number of ether oxygens (including phenoxy) is 2. The van der Waals surface area contributed by atoms with Crippen molar-refractivity contribution in [3.8, 4) is 17.3 Å². The molecule has 10 nitrogen and oxygen atoms in total. The summed E-state index contributed by atoms with van der Waals surface area (Å²) in [6.45, 7) is 5.48. The molecule has 1 aliphatic rings. The first kappa shape index (κ1) is 26.7. The van der Waals surface area contributed by atoms with Gasteiger partial charge in [-0.1, -0.05) is 18.2 Å².